The standard InChI is InChI=1S/C24H36N4O9S/c1-13-9-14(2)37-8-4-5-15-11-24(15,21(32)27-38(35,36)23(3)6-7-23)26-19(30)17-10-16(29)12-28(17)20(31)18(13)25-22(33)34/h4-5,13-18,25,29H,6-12H2,1-3H3,(H,26,30)(H,27,32)(H,33,34)/t13-,14+,15-,16-,17+,18+,24-/m1/s1. The van der Waals surface area contributed by atoms with Crippen LogP contribution in [0.1, 0.15) is 52.9 Å². The van der Waals surface area contributed by atoms with Crippen molar-refractivity contribution in [3.8, 4) is 0 Å². The summed E-state index contributed by atoms with van der Waals surface area (Å²) in [6, 6.07) is -2.37. The van der Waals surface area contributed by atoms with Crippen molar-refractivity contribution in [1.29, 1.82) is 0 Å². The van der Waals surface area contributed by atoms with Crippen molar-refractivity contribution >= 4 is 33.8 Å². The maximum Gasteiger partial charge on any atom is 0.405 e. The number of carboxylic acid groups (broad SMARTS) is 1. The topological polar surface area (TPSA) is 191 Å². The lowest BCUT2D eigenvalue weighted by Crippen LogP contribution is -2.59. The van der Waals surface area contributed by atoms with E-state index in [-0.39, 0.29) is 32.1 Å². The number of hydrogen-bond donors (Lipinski definition) is 5. The maximum absolute atomic E-state index is 13.5. The lowest BCUT2D eigenvalue weighted by Gasteiger charge is -2.32. The molecule has 4 rings (SSSR count). The van der Waals surface area contributed by atoms with E-state index in [9.17, 15) is 37.8 Å². The molecular formula is C24H36N4O9S. The van der Waals surface area contributed by atoms with Gasteiger partial charge in [-0.2, -0.15) is 0 Å². The molecule has 38 heavy (non-hydrogen) atoms. The molecule has 0 aromatic rings. The van der Waals surface area contributed by atoms with Crippen molar-refractivity contribution in [2.75, 3.05) is 13.2 Å². The summed E-state index contributed by atoms with van der Waals surface area (Å²) in [5.41, 5.74) is -1.55. The molecule has 0 aromatic carbocycles. The molecule has 13 nitrogen and oxygen atoms in total. The molecule has 0 bridgehead atoms. The van der Waals surface area contributed by atoms with Gasteiger partial charge in [0.25, 0.3) is 5.91 Å². The van der Waals surface area contributed by atoms with Crippen molar-refractivity contribution in [3.63, 3.8) is 0 Å². The minimum atomic E-state index is -3.97. The van der Waals surface area contributed by atoms with Gasteiger partial charge in [-0.3, -0.25) is 19.1 Å². The van der Waals surface area contributed by atoms with Gasteiger partial charge in [0.2, 0.25) is 21.8 Å². The summed E-state index contributed by atoms with van der Waals surface area (Å²) < 4.78 is 32.4. The molecule has 3 fully saturated rings. The Bertz CT molecular complexity index is 1140. The molecule has 7 atom stereocenters. The first-order chi connectivity index (χ1) is 17.7. The van der Waals surface area contributed by atoms with Gasteiger partial charge in [0.05, 0.1) is 23.6 Å². The molecule has 0 spiro atoms. The number of aliphatic hydroxyl groups excluding tert-OH is 1. The average molecular weight is 557 g/mol. The fraction of sp³-hybridized carbons (Fsp3) is 0.750. The maximum atomic E-state index is 13.5. The fourth-order valence-electron chi connectivity index (χ4n) is 5.30. The van der Waals surface area contributed by atoms with Gasteiger partial charge in [-0.15, -0.1) is 0 Å². The number of aliphatic hydroxyl groups is 1. The predicted molar refractivity (Wildman–Crippen MR) is 133 cm³/mol. The molecule has 2 saturated carbocycles. The third-order valence-corrected chi connectivity index (χ3v) is 10.3. The summed E-state index contributed by atoms with van der Waals surface area (Å²) in [5.74, 6) is -3.26. The van der Waals surface area contributed by atoms with E-state index < -0.39 is 74.1 Å². The number of nitrogens with one attached hydrogen (secondary N) is 3. The first-order valence-electron chi connectivity index (χ1n) is 12.8. The molecule has 1 saturated heterocycles. The van der Waals surface area contributed by atoms with E-state index in [1.54, 1.807) is 32.9 Å². The van der Waals surface area contributed by atoms with Crippen LogP contribution in [0.3, 0.4) is 0 Å². The number of fused-ring (bicyclic) bond motifs is 2. The zero-order valence-electron chi connectivity index (χ0n) is 21.7. The van der Waals surface area contributed by atoms with Crippen LogP contribution in [-0.2, 0) is 29.1 Å². The lowest BCUT2D eigenvalue weighted by molar-refractivity contribution is -0.142. The molecule has 0 unspecified atom stereocenters. The van der Waals surface area contributed by atoms with Crippen molar-refractivity contribution in [2.45, 2.75) is 87.5 Å². The summed E-state index contributed by atoms with van der Waals surface area (Å²) in [7, 11) is -3.97. The molecule has 0 aromatic heterocycles. The van der Waals surface area contributed by atoms with E-state index in [2.05, 4.69) is 15.4 Å². The summed E-state index contributed by atoms with van der Waals surface area (Å²) >= 11 is 0. The minimum absolute atomic E-state index is 0.111. The number of carbonyl (C=O) groups excluding carboxylic acids is 3. The molecule has 2 heterocycles. The van der Waals surface area contributed by atoms with E-state index in [0.717, 1.165) is 4.90 Å². The molecule has 2 aliphatic carbocycles. The molecule has 2 aliphatic heterocycles. The van der Waals surface area contributed by atoms with E-state index in [4.69, 9.17) is 4.74 Å². The number of nitrogens with zero attached hydrogens (tertiary/aromatic N) is 1. The summed E-state index contributed by atoms with van der Waals surface area (Å²) in [5, 5.41) is 24.6. The van der Waals surface area contributed by atoms with Gasteiger partial charge < -0.3 is 30.5 Å². The van der Waals surface area contributed by atoms with Crippen LogP contribution in [0.5, 0.6) is 0 Å². The van der Waals surface area contributed by atoms with Crippen molar-refractivity contribution in [3.05, 3.63) is 12.2 Å². The highest BCUT2D eigenvalue weighted by molar-refractivity contribution is 7.91. The van der Waals surface area contributed by atoms with E-state index in [1.165, 1.54) is 0 Å². The smallest absolute Gasteiger partial charge is 0.405 e. The number of rotatable bonds is 4. The van der Waals surface area contributed by atoms with Gasteiger partial charge >= 0.3 is 6.09 Å². The van der Waals surface area contributed by atoms with Crippen LogP contribution >= 0.6 is 0 Å². The first kappa shape index (κ1) is 28.3. The van der Waals surface area contributed by atoms with Crippen LogP contribution in [0.4, 0.5) is 4.79 Å². The SMILES string of the molecule is C[C@@H]1C[C@H](C)OCC=C[C@@H]2C[C@@]2(C(=O)NS(=O)(=O)C2(C)CC2)NC(=O)[C@@H]2C[C@@H](O)CN2C(=O)[C@H]1NC(=O)O. The molecular weight excluding hydrogens is 520 g/mol. The highest BCUT2D eigenvalue weighted by Crippen LogP contribution is 2.47. The monoisotopic (exact) mass is 556 g/mol. The lowest BCUT2D eigenvalue weighted by atomic mass is 9.94. The van der Waals surface area contributed by atoms with Gasteiger partial charge in [-0.1, -0.05) is 19.1 Å². The first-order valence-corrected chi connectivity index (χ1v) is 14.3. The normalized spacial score (nSPS) is 37.1. The number of carbonyl (C=O) groups is 4. The van der Waals surface area contributed by atoms with Gasteiger partial charge in [0, 0.05) is 18.9 Å². The molecule has 5 N–H and O–H groups in total. The van der Waals surface area contributed by atoms with E-state index in [1.807, 2.05) is 0 Å². The Balaban J connectivity index is 1.64. The third kappa shape index (κ3) is 5.52. The second kappa shape index (κ2) is 10.1. The highest BCUT2D eigenvalue weighted by atomic mass is 32.2. The van der Waals surface area contributed by atoms with Crippen LogP contribution in [-0.4, -0.2) is 95.1 Å². The Morgan fingerprint density at radius 1 is 1.21 bits per heavy atom. The molecule has 14 heteroatoms. The number of ether oxygens (including phenoxy) is 1. The Morgan fingerprint density at radius 2 is 1.89 bits per heavy atom. The highest BCUT2D eigenvalue weighted by Gasteiger charge is 2.63. The molecule has 4 aliphatic rings. The van der Waals surface area contributed by atoms with Crippen molar-refractivity contribution < 1.29 is 42.5 Å². The molecule has 212 valence electrons. The second-order valence-electron chi connectivity index (χ2n) is 11.3. The van der Waals surface area contributed by atoms with Crippen LogP contribution in [0.15, 0.2) is 12.2 Å². The Hall–Kier alpha value is -2.71. The number of sulfonamides is 1. The van der Waals surface area contributed by atoms with Crippen molar-refractivity contribution in [1.82, 2.24) is 20.3 Å². The van der Waals surface area contributed by atoms with E-state index >= 15 is 0 Å². The Labute approximate surface area is 221 Å². The zero-order valence-corrected chi connectivity index (χ0v) is 22.5. The zero-order chi connectivity index (χ0) is 28.0. The Kier molecular flexibility index (Phi) is 7.53. The molecule has 4 amide bonds. The third-order valence-electron chi connectivity index (χ3n) is 8.12. The van der Waals surface area contributed by atoms with E-state index in [0.29, 0.717) is 19.3 Å². The van der Waals surface area contributed by atoms with Gasteiger partial charge in [-0.05, 0) is 45.4 Å². The summed E-state index contributed by atoms with van der Waals surface area (Å²) in [6.07, 6.45) is 1.82. The largest absolute Gasteiger partial charge is 0.465 e. The number of amides is 4. The summed E-state index contributed by atoms with van der Waals surface area (Å²) in [4.78, 5) is 52.9. The van der Waals surface area contributed by atoms with Gasteiger partial charge in [0.15, 0.2) is 0 Å². The van der Waals surface area contributed by atoms with Crippen LogP contribution in [0.25, 0.3) is 0 Å². The average Bonchev–Trinajstić information content (AvgIpc) is 3.70. The molecule has 0 radical (unpaired) electrons. The minimum Gasteiger partial charge on any atom is -0.465 e. The number of hydrogen-bond acceptors (Lipinski definition) is 8. The predicted octanol–water partition coefficient (Wildman–Crippen LogP) is -0.541. The fourth-order valence-corrected chi connectivity index (χ4v) is 6.61. The van der Waals surface area contributed by atoms with Crippen LogP contribution < -0.4 is 15.4 Å². The second-order valence-corrected chi connectivity index (χ2v) is 13.5. The van der Waals surface area contributed by atoms with Crippen molar-refractivity contribution in [2.24, 2.45) is 11.8 Å². The summed E-state index contributed by atoms with van der Waals surface area (Å²) in [6.45, 7) is 5.00. The van der Waals surface area contributed by atoms with Gasteiger partial charge in [0.1, 0.15) is 17.6 Å². The van der Waals surface area contributed by atoms with Crippen LogP contribution in [0.2, 0.25) is 0 Å². The Morgan fingerprint density at radius 3 is 2.53 bits per heavy atom. The quantitative estimate of drug-likeness (QED) is 0.283. The van der Waals surface area contributed by atoms with Crippen LogP contribution in [0, 0.1) is 11.8 Å². The van der Waals surface area contributed by atoms with Gasteiger partial charge in [-0.25, -0.2) is 13.2 Å².